The first kappa shape index (κ1) is 14.9. The van der Waals surface area contributed by atoms with Gasteiger partial charge in [0.15, 0.2) is 0 Å². The Morgan fingerprint density at radius 3 is 3.00 bits per heavy atom. The average Bonchev–Trinajstić information content (AvgIpc) is 3.14. The first-order valence-electron chi connectivity index (χ1n) is 8.20. The molecule has 1 fully saturated rings. The van der Waals surface area contributed by atoms with E-state index in [0.29, 0.717) is 6.61 Å². The summed E-state index contributed by atoms with van der Waals surface area (Å²) in [6.45, 7) is 1.44. The van der Waals surface area contributed by atoms with Crippen LogP contribution in [0.25, 0.3) is 10.9 Å². The molecule has 5 heteroatoms. The van der Waals surface area contributed by atoms with Crippen molar-refractivity contribution in [3.8, 4) is 5.75 Å². The molecule has 3 aromatic rings. The molecule has 5 nitrogen and oxygen atoms in total. The molecule has 0 amide bonds. The van der Waals surface area contributed by atoms with Crippen molar-refractivity contribution in [2.45, 2.75) is 18.9 Å². The number of hydrogen-bond donors (Lipinski definition) is 1. The maximum atomic E-state index is 5.86. The molecule has 122 valence electrons. The molecular weight excluding hydrogens is 302 g/mol. The Balaban J connectivity index is 1.50. The molecule has 1 aliphatic rings. The molecule has 0 spiro atoms. The maximum Gasteiger partial charge on any atom is 0.141 e. The summed E-state index contributed by atoms with van der Waals surface area (Å²) in [5, 5.41) is 4.34. The lowest BCUT2D eigenvalue weighted by atomic mass is 10.2. The van der Waals surface area contributed by atoms with Crippen LogP contribution in [0.15, 0.2) is 54.9 Å². The van der Waals surface area contributed by atoms with Crippen molar-refractivity contribution in [1.29, 1.82) is 0 Å². The summed E-state index contributed by atoms with van der Waals surface area (Å²) in [5.74, 6) is 1.62. The Morgan fingerprint density at radius 1 is 1.12 bits per heavy atom. The van der Waals surface area contributed by atoms with Crippen LogP contribution in [0.4, 0.5) is 11.5 Å². The van der Waals surface area contributed by atoms with E-state index in [-0.39, 0.29) is 6.10 Å². The molecule has 0 radical (unpaired) electrons. The topological polar surface area (TPSA) is 56.3 Å². The Hall–Kier alpha value is -2.66. The lowest BCUT2D eigenvalue weighted by Crippen LogP contribution is -2.16. The van der Waals surface area contributed by atoms with Gasteiger partial charge in [-0.25, -0.2) is 9.97 Å². The fraction of sp³-hybridized carbons (Fsp3) is 0.263. The van der Waals surface area contributed by atoms with Crippen LogP contribution in [0.1, 0.15) is 12.8 Å². The lowest BCUT2D eigenvalue weighted by Gasteiger charge is -2.13. The van der Waals surface area contributed by atoms with E-state index < -0.39 is 0 Å². The van der Waals surface area contributed by atoms with Crippen molar-refractivity contribution in [1.82, 2.24) is 9.97 Å². The normalized spacial score (nSPS) is 17.1. The molecule has 1 aromatic heterocycles. The monoisotopic (exact) mass is 321 g/mol. The standard InChI is InChI=1S/C19H19N3O2/c1-2-9-18-17(8-1)19(21-13-20-18)22-14-5-3-6-15(11-14)24-12-16-7-4-10-23-16/h1-3,5-6,8-9,11,13,16H,4,7,10,12H2,(H,20,21,22)/t16-/m0/s1. The minimum absolute atomic E-state index is 0.215. The van der Waals surface area contributed by atoms with Gasteiger partial charge in [0.25, 0.3) is 0 Å². The van der Waals surface area contributed by atoms with Gasteiger partial charge in [0.2, 0.25) is 0 Å². The van der Waals surface area contributed by atoms with E-state index in [2.05, 4.69) is 15.3 Å². The predicted octanol–water partition coefficient (Wildman–Crippen LogP) is 3.93. The number of aromatic nitrogens is 2. The quantitative estimate of drug-likeness (QED) is 0.771. The molecule has 0 aliphatic carbocycles. The van der Waals surface area contributed by atoms with E-state index in [1.807, 2.05) is 48.5 Å². The van der Waals surface area contributed by atoms with Crippen LogP contribution in [-0.2, 0) is 4.74 Å². The number of hydrogen-bond acceptors (Lipinski definition) is 5. The zero-order valence-corrected chi connectivity index (χ0v) is 13.3. The van der Waals surface area contributed by atoms with Crippen molar-refractivity contribution in [3.63, 3.8) is 0 Å². The number of para-hydroxylation sites is 1. The van der Waals surface area contributed by atoms with Crippen molar-refractivity contribution < 1.29 is 9.47 Å². The van der Waals surface area contributed by atoms with Gasteiger partial charge >= 0.3 is 0 Å². The number of fused-ring (bicyclic) bond motifs is 1. The van der Waals surface area contributed by atoms with Crippen LogP contribution < -0.4 is 10.1 Å². The third-order valence-corrected chi connectivity index (χ3v) is 4.10. The first-order valence-corrected chi connectivity index (χ1v) is 8.20. The van der Waals surface area contributed by atoms with Gasteiger partial charge in [-0.15, -0.1) is 0 Å². The average molecular weight is 321 g/mol. The van der Waals surface area contributed by atoms with Gasteiger partial charge in [-0.3, -0.25) is 0 Å². The molecule has 0 bridgehead atoms. The van der Waals surface area contributed by atoms with Crippen molar-refractivity contribution in [3.05, 3.63) is 54.9 Å². The number of rotatable bonds is 5. The Morgan fingerprint density at radius 2 is 2.08 bits per heavy atom. The summed E-state index contributed by atoms with van der Waals surface area (Å²) in [6, 6.07) is 15.8. The van der Waals surface area contributed by atoms with E-state index in [0.717, 1.165) is 47.6 Å². The van der Waals surface area contributed by atoms with Crippen LogP contribution in [-0.4, -0.2) is 29.3 Å². The van der Waals surface area contributed by atoms with E-state index in [1.165, 1.54) is 0 Å². The van der Waals surface area contributed by atoms with E-state index in [1.54, 1.807) is 6.33 Å². The second-order valence-corrected chi connectivity index (χ2v) is 5.84. The highest BCUT2D eigenvalue weighted by molar-refractivity contribution is 5.90. The minimum Gasteiger partial charge on any atom is -0.491 e. The van der Waals surface area contributed by atoms with Gasteiger partial charge in [0.05, 0.1) is 11.6 Å². The number of benzene rings is 2. The largest absolute Gasteiger partial charge is 0.491 e. The fourth-order valence-electron chi connectivity index (χ4n) is 2.87. The molecule has 2 heterocycles. The van der Waals surface area contributed by atoms with E-state index in [4.69, 9.17) is 9.47 Å². The van der Waals surface area contributed by atoms with Gasteiger partial charge < -0.3 is 14.8 Å². The first-order chi connectivity index (χ1) is 11.9. The highest BCUT2D eigenvalue weighted by Crippen LogP contribution is 2.25. The van der Waals surface area contributed by atoms with Crippen molar-refractivity contribution in [2.75, 3.05) is 18.5 Å². The minimum atomic E-state index is 0.215. The Kier molecular flexibility index (Phi) is 4.25. The maximum absolute atomic E-state index is 5.86. The van der Waals surface area contributed by atoms with Gasteiger partial charge in [0.1, 0.15) is 24.5 Å². The summed E-state index contributed by atoms with van der Waals surface area (Å²) in [4.78, 5) is 8.64. The van der Waals surface area contributed by atoms with Gasteiger partial charge in [-0.1, -0.05) is 18.2 Å². The van der Waals surface area contributed by atoms with Crippen LogP contribution in [0.2, 0.25) is 0 Å². The van der Waals surface area contributed by atoms with Crippen LogP contribution in [0, 0.1) is 0 Å². The summed E-state index contributed by atoms with van der Waals surface area (Å²) in [5.41, 5.74) is 1.85. The highest BCUT2D eigenvalue weighted by atomic mass is 16.5. The fourth-order valence-corrected chi connectivity index (χ4v) is 2.87. The van der Waals surface area contributed by atoms with Gasteiger partial charge in [-0.2, -0.15) is 0 Å². The number of nitrogens with one attached hydrogen (secondary N) is 1. The van der Waals surface area contributed by atoms with Gasteiger partial charge in [0, 0.05) is 23.7 Å². The lowest BCUT2D eigenvalue weighted by molar-refractivity contribution is 0.0680. The third kappa shape index (κ3) is 3.31. The van der Waals surface area contributed by atoms with Gasteiger partial charge in [-0.05, 0) is 37.1 Å². The van der Waals surface area contributed by atoms with E-state index >= 15 is 0 Å². The zero-order chi connectivity index (χ0) is 16.2. The van der Waals surface area contributed by atoms with Crippen LogP contribution in [0.5, 0.6) is 5.75 Å². The molecule has 4 rings (SSSR count). The number of nitrogens with zero attached hydrogens (tertiary/aromatic N) is 2. The second-order valence-electron chi connectivity index (χ2n) is 5.84. The molecule has 1 aliphatic heterocycles. The number of anilines is 2. The molecule has 1 atom stereocenters. The van der Waals surface area contributed by atoms with Crippen molar-refractivity contribution in [2.24, 2.45) is 0 Å². The van der Waals surface area contributed by atoms with Crippen LogP contribution in [0.3, 0.4) is 0 Å². The third-order valence-electron chi connectivity index (χ3n) is 4.10. The Labute approximate surface area is 140 Å². The number of ether oxygens (including phenoxy) is 2. The molecular formula is C19H19N3O2. The molecule has 2 aromatic carbocycles. The zero-order valence-electron chi connectivity index (χ0n) is 13.3. The summed E-state index contributed by atoms with van der Waals surface area (Å²) in [6.07, 6.45) is 3.98. The van der Waals surface area contributed by atoms with E-state index in [9.17, 15) is 0 Å². The predicted molar refractivity (Wildman–Crippen MR) is 93.7 cm³/mol. The second kappa shape index (κ2) is 6.84. The van der Waals surface area contributed by atoms with Crippen molar-refractivity contribution >= 4 is 22.4 Å². The summed E-state index contributed by atoms with van der Waals surface area (Å²) >= 11 is 0. The SMILES string of the molecule is c1cc(Nc2ncnc3ccccc23)cc(OC[C@@H]2CCCO2)c1. The molecule has 1 N–H and O–H groups in total. The Bertz CT molecular complexity index is 826. The molecule has 0 saturated carbocycles. The molecule has 0 unspecified atom stereocenters. The summed E-state index contributed by atoms with van der Waals surface area (Å²) in [7, 11) is 0. The molecule has 24 heavy (non-hydrogen) atoms. The smallest absolute Gasteiger partial charge is 0.141 e. The summed E-state index contributed by atoms with van der Waals surface area (Å²) < 4.78 is 11.4. The molecule has 1 saturated heterocycles. The van der Waals surface area contributed by atoms with Crippen LogP contribution >= 0.6 is 0 Å². The highest BCUT2D eigenvalue weighted by Gasteiger charge is 2.16.